The van der Waals surface area contributed by atoms with Crippen molar-refractivity contribution in [1.82, 2.24) is 4.98 Å². The number of aryl methyl sites for hydroxylation is 1. The molecule has 0 aliphatic rings. The van der Waals surface area contributed by atoms with Gasteiger partial charge >= 0.3 is 0 Å². The molecule has 0 saturated carbocycles. The van der Waals surface area contributed by atoms with E-state index in [1.165, 1.54) is 6.07 Å². The maximum atomic E-state index is 12.9. The van der Waals surface area contributed by atoms with Gasteiger partial charge in [-0.25, -0.2) is 9.37 Å². The van der Waals surface area contributed by atoms with Crippen LogP contribution in [-0.2, 0) is 0 Å². The van der Waals surface area contributed by atoms with Crippen LogP contribution in [0.5, 0.6) is 5.75 Å². The molecule has 0 aliphatic carbocycles. The van der Waals surface area contributed by atoms with Gasteiger partial charge in [-0.15, -0.1) is 0 Å². The highest BCUT2D eigenvalue weighted by Crippen LogP contribution is 2.29. The number of hydrogen-bond acceptors (Lipinski definition) is 4. The number of aromatic nitrogens is 1. The van der Waals surface area contributed by atoms with E-state index >= 15 is 0 Å². The number of halogens is 1. The third-order valence-electron chi connectivity index (χ3n) is 2.87. The van der Waals surface area contributed by atoms with E-state index in [0.717, 1.165) is 18.5 Å². The van der Waals surface area contributed by atoms with Crippen molar-refractivity contribution in [3.63, 3.8) is 0 Å². The van der Waals surface area contributed by atoms with Crippen molar-refractivity contribution in [2.75, 3.05) is 0 Å². The molecule has 104 valence electrons. The number of rotatable bonds is 4. The van der Waals surface area contributed by atoms with Crippen LogP contribution in [0.3, 0.4) is 0 Å². The van der Waals surface area contributed by atoms with Crippen LogP contribution >= 0.6 is 0 Å². The lowest BCUT2D eigenvalue weighted by Gasteiger charge is -2.12. The Hall–Kier alpha value is -3.00. The molecule has 2 rings (SSSR count). The molecule has 1 aromatic heterocycles. The van der Waals surface area contributed by atoms with Gasteiger partial charge < -0.3 is 4.74 Å². The fourth-order valence-corrected chi connectivity index (χ4v) is 1.90. The predicted molar refractivity (Wildman–Crippen MR) is 74.3 cm³/mol. The first-order chi connectivity index (χ1) is 10.1. The fraction of sp³-hybridized carbons (Fsp3) is 0.0625. The van der Waals surface area contributed by atoms with Crippen LogP contribution in [0, 0.1) is 24.1 Å². The number of ether oxygens (including phenoxy) is 1. The van der Waals surface area contributed by atoms with Gasteiger partial charge in [0.05, 0.1) is 23.6 Å². The molecule has 0 N–H and O–H groups in total. The molecule has 5 heteroatoms. The zero-order chi connectivity index (χ0) is 15.4. The summed E-state index contributed by atoms with van der Waals surface area (Å²) in [5, 5.41) is 9.11. The molecule has 21 heavy (non-hydrogen) atoms. The Kier molecular flexibility index (Phi) is 4.10. The van der Waals surface area contributed by atoms with Crippen LogP contribution < -0.4 is 4.74 Å². The Bertz CT molecular complexity index is 746. The molecule has 0 radical (unpaired) electrons. The van der Waals surface area contributed by atoms with Gasteiger partial charge in [0.2, 0.25) is 5.78 Å². The summed E-state index contributed by atoms with van der Waals surface area (Å²) in [4.78, 5) is 16.3. The summed E-state index contributed by atoms with van der Waals surface area (Å²) in [6.45, 7) is 5.15. The smallest absolute Gasteiger partial charge is 0.215 e. The van der Waals surface area contributed by atoms with E-state index in [4.69, 9.17) is 10.00 Å². The highest BCUT2D eigenvalue weighted by molar-refractivity contribution is 6.10. The lowest BCUT2D eigenvalue weighted by Crippen LogP contribution is -2.09. The number of hydrogen-bond donors (Lipinski definition) is 0. The molecule has 1 aromatic carbocycles. The Morgan fingerprint density at radius 3 is 2.76 bits per heavy atom. The van der Waals surface area contributed by atoms with Crippen LogP contribution in [0.2, 0.25) is 0 Å². The summed E-state index contributed by atoms with van der Waals surface area (Å²) < 4.78 is 18.1. The maximum Gasteiger partial charge on any atom is 0.215 e. The summed E-state index contributed by atoms with van der Waals surface area (Å²) in [7, 11) is 0. The molecule has 0 saturated heterocycles. The van der Waals surface area contributed by atoms with Crippen molar-refractivity contribution >= 4 is 5.78 Å². The first-order valence-corrected chi connectivity index (χ1v) is 6.06. The van der Waals surface area contributed by atoms with Crippen LogP contribution in [0.1, 0.15) is 27.2 Å². The van der Waals surface area contributed by atoms with Crippen molar-refractivity contribution in [3.05, 3.63) is 71.5 Å². The van der Waals surface area contributed by atoms with E-state index in [1.54, 1.807) is 19.1 Å². The van der Waals surface area contributed by atoms with Crippen LogP contribution in [0.25, 0.3) is 0 Å². The zero-order valence-electron chi connectivity index (χ0n) is 11.3. The molecule has 0 unspecified atom stereocenters. The second-order valence-electron chi connectivity index (χ2n) is 4.22. The highest BCUT2D eigenvalue weighted by Gasteiger charge is 2.21. The number of carbonyl (C=O) groups is 1. The first-order valence-electron chi connectivity index (χ1n) is 6.06. The standard InChI is InChI=1S/C16H11FN2O2/c1-3-21-16-11(8-18)5-4-10(2)14(16)15(20)13-7-6-12(17)9-19-13/h3-7,9H,1H2,2H3. The Balaban J connectivity index is 2.61. The van der Waals surface area contributed by atoms with Gasteiger partial charge in [-0.2, -0.15) is 5.26 Å². The molecule has 0 bridgehead atoms. The SMILES string of the molecule is C=COc1c(C#N)ccc(C)c1C(=O)c1ccc(F)cn1. The molecule has 1 heterocycles. The van der Waals surface area contributed by atoms with Crippen LogP contribution in [0.4, 0.5) is 4.39 Å². The van der Waals surface area contributed by atoms with Crippen molar-refractivity contribution in [3.8, 4) is 11.8 Å². The monoisotopic (exact) mass is 282 g/mol. The molecule has 0 spiro atoms. The molecule has 4 nitrogen and oxygen atoms in total. The first kappa shape index (κ1) is 14.4. The van der Waals surface area contributed by atoms with E-state index in [1.807, 2.05) is 6.07 Å². The summed E-state index contributed by atoms with van der Waals surface area (Å²) in [5.74, 6) is -0.846. The topological polar surface area (TPSA) is 63.0 Å². The lowest BCUT2D eigenvalue weighted by atomic mass is 9.98. The predicted octanol–water partition coefficient (Wildman–Crippen LogP) is 3.15. The summed E-state index contributed by atoms with van der Waals surface area (Å²) in [6.07, 6.45) is 2.11. The summed E-state index contributed by atoms with van der Waals surface area (Å²) in [5.41, 5.74) is 1.13. The van der Waals surface area contributed by atoms with Gasteiger partial charge in [-0.05, 0) is 30.7 Å². The molecule has 0 atom stereocenters. The Morgan fingerprint density at radius 1 is 1.43 bits per heavy atom. The molecule has 0 fully saturated rings. The third-order valence-corrected chi connectivity index (χ3v) is 2.87. The second-order valence-corrected chi connectivity index (χ2v) is 4.22. The van der Waals surface area contributed by atoms with E-state index in [-0.39, 0.29) is 22.6 Å². The number of nitriles is 1. The molecule has 0 amide bonds. The van der Waals surface area contributed by atoms with Crippen molar-refractivity contribution in [1.29, 1.82) is 5.26 Å². The Labute approximate surface area is 121 Å². The van der Waals surface area contributed by atoms with E-state index < -0.39 is 11.6 Å². The number of ketones is 1. The third kappa shape index (κ3) is 2.79. The Morgan fingerprint density at radius 2 is 2.19 bits per heavy atom. The van der Waals surface area contributed by atoms with Gasteiger partial charge in [0, 0.05) is 0 Å². The number of benzene rings is 1. The van der Waals surface area contributed by atoms with E-state index in [0.29, 0.717) is 5.56 Å². The molecule has 2 aromatic rings. The van der Waals surface area contributed by atoms with Crippen molar-refractivity contribution in [2.24, 2.45) is 0 Å². The van der Waals surface area contributed by atoms with Crippen LogP contribution in [0.15, 0.2) is 43.3 Å². The highest BCUT2D eigenvalue weighted by atomic mass is 19.1. The summed E-state index contributed by atoms with van der Waals surface area (Å²) in [6, 6.07) is 7.60. The largest absolute Gasteiger partial charge is 0.463 e. The molecule has 0 aliphatic heterocycles. The molecular formula is C16H11FN2O2. The maximum absolute atomic E-state index is 12.9. The lowest BCUT2D eigenvalue weighted by molar-refractivity contribution is 0.103. The van der Waals surface area contributed by atoms with Gasteiger partial charge in [0.1, 0.15) is 17.6 Å². The average Bonchev–Trinajstić information content (AvgIpc) is 2.48. The fourth-order valence-electron chi connectivity index (χ4n) is 1.90. The van der Waals surface area contributed by atoms with Gasteiger partial charge in [0.15, 0.2) is 5.75 Å². The van der Waals surface area contributed by atoms with E-state index in [2.05, 4.69) is 11.6 Å². The summed E-state index contributed by atoms with van der Waals surface area (Å²) >= 11 is 0. The minimum absolute atomic E-state index is 0.0727. The zero-order valence-corrected chi connectivity index (χ0v) is 11.3. The van der Waals surface area contributed by atoms with Gasteiger partial charge in [-0.1, -0.05) is 12.6 Å². The second kappa shape index (κ2) is 5.97. The number of carbonyl (C=O) groups excluding carboxylic acids is 1. The minimum atomic E-state index is -0.531. The number of nitrogens with zero attached hydrogens (tertiary/aromatic N) is 2. The van der Waals surface area contributed by atoms with E-state index in [9.17, 15) is 9.18 Å². The average molecular weight is 282 g/mol. The molecular weight excluding hydrogens is 271 g/mol. The minimum Gasteiger partial charge on any atom is -0.463 e. The normalized spacial score (nSPS) is 9.76. The van der Waals surface area contributed by atoms with Crippen molar-refractivity contribution in [2.45, 2.75) is 6.92 Å². The quantitative estimate of drug-likeness (QED) is 0.638. The van der Waals surface area contributed by atoms with Crippen molar-refractivity contribution < 1.29 is 13.9 Å². The van der Waals surface area contributed by atoms with Gasteiger partial charge in [-0.3, -0.25) is 4.79 Å². The van der Waals surface area contributed by atoms with Gasteiger partial charge in [0.25, 0.3) is 0 Å². The van der Waals surface area contributed by atoms with Crippen LogP contribution in [-0.4, -0.2) is 10.8 Å². The number of pyridine rings is 1.